The zero-order valence-electron chi connectivity index (χ0n) is 19.0. The average Bonchev–Trinajstić information content (AvgIpc) is 3.11. The van der Waals surface area contributed by atoms with Gasteiger partial charge in [0.15, 0.2) is 0 Å². The number of carbonyl (C=O) groups is 4. The summed E-state index contributed by atoms with van der Waals surface area (Å²) in [6.07, 6.45) is 4.37. The zero-order valence-corrected chi connectivity index (χ0v) is 19.0. The van der Waals surface area contributed by atoms with Crippen molar-refractivity contribution in [3.8, 4) is 0 Å². The summed E-state index contributed by atoms with van der Waals surface area (Å²) in [5, 5.41) is 8.65. The number of benzene rings is 1. The third kappa shape index (κ3) is 6.40. The van der Waals surface area contributed by atoms with E-state index in [1.165, 1.54) is 0 Å². The van der Waals surface area contributed by atoms with Crippen LogP contribution in [0.1, 0.15) is 51.5 Å². The highest BCUT2D eigenvalue weighted by Gasteiger charge is 2.37. The van der Waals surface area contributed by atoms with Gasteiger partial charge in [-0.15, -0.1) is 0 Å². The van der Waals surface area contributed by atoms with E-state index in [9.17, 15) is 19.2 Å². The number of fused-ring (bicyclic) bond motifs is 1. The minimum atomic E-state index is -0.744. The van der Waals surface area contributed by atoms with Gasteiger partial charge in [0, 0.05) is 18.4 Å². The molecule has 2 fully saturated rings. The number of rotatable bonds is 5. The van der Waals surface area contributed by atoms with Crippen LogP contribution in [0.3, 0.4) is 0 Å². The van der Waals surface area contributed by atoms with Crippen LogP contribution in [0.25, 0.3) is 0 Å². The lowest BCUT2D eigenvalue weighted by Gasteiger charge is -2.25. The summed E-state index contributed by atoms with van der Waals surface area (Å²) in [6, 6.07) is 8.44. The Morgan fingerprint density at radius 3 is 2.44 bits per heavy atom. The molecule has 0 bridgehead atoms. The van der Waals surface area contributed by atoms with Gasteiger partial charge < -0.3 is 20.7 Å². The van der Waals surface area contributed by atoms with Crippen LogP contribution in [0.4, 0.5) is 0 Å². The third-order valence-corrected chi connectivity index (χ3v) is 6.61. The van der Waals surface area contributed by atoms with Gasteiger partial charge in [-0.25, -0.2) is 0 Å². The number of nitrogens with one attached hydrogen (secondary N) is 3. The molecule has 2 aliphatic rings. The van der Waals surface area contributed by atoms with E-state index in [1.54, 1.807) is 0 Å². The maximum atomic E-state index is 13.3. The van der Waals surface area contributed by atoms with E-state index in [-0.39, 0.29) is 41.4 Å². The third-order valence-electron chi connectivity index (χ3n) is 6.61. The van der Waals surface area contributed by atoms with E-state index in [0.717, 1.165) is 18.4 Å². The minimum Gasteiger partial charge on any atom is -0.356 e. The van der Waals surface area contributed by atoms with Crippen LogP contribution in [0.2, 0.25) is 0 Å². The molecular weight excluding hydrogens is 406 g/mol. The van der Waals surface area contributed by atoms with E-state index in [2.05, 4.69) is 16.0 Å². The number of aldehydes is 1. The van der Waals surface area contributed by atoms with Gasteiger partial charge in [-0.05, 0) is 49.5 Å². The second kappa shape index (κ2) is 11.2. The second-order valence-corrected chi connectivity index (χ2v) is 9.61. The molecule has 7 heteroatoms. The Kier molecular flexibility index (Phi) is 8.42. The van der Waals surface area contributed by atoms with Crippen molar-refractivity contribution in [1.82, 2.24) is 16.0 Å². The van der Waals surface area contributed by atoms with Crippen molar-refractivity contribution >= 4 is 24.0 Å². The van der Waals surface area contributed by atoms with Crippen LogP contribution in [-0.4, -0.2) is 42.6 Å². The smallest absolute Gasteiger partial charge is 0.243 e. The van der Waals surface area contributed by atoms with Gasteiger partial charge in [0.25, 0.3) is 0 Å². The van der Waals surface area contributed by atoms with E-state index in [1.807, 2.05) is 44.2 Å². The predicted octanol–water partition coefficient (Wildman–Crippen LogP) is 2.00. The molecule has 174 valence electrons. The van der Waals surface area contributed by atoms with Crippen LogP contribution in [0.15, 0.2) is 30.3 Å². The van der Waals surface area contributed by atoms with Crippen LogP contribution in [0.5, 0.6) is 0 Å². The maximum Gasteiger partial charge on any atom is 0.243 e. The monoisotopic (exact) mass is 441 g/mol. The second-order valence-electron chi connectivity index (χ2n) is 9.61. The van der Waals surface area contributed by atoms with Crippen molar-refractivity contribution in [2.75, 3.05) is 6.54 Å². The van der Waals surface area contributed by atoms with Gasteiger partial charge in [-0.3, -0.25) is 14.4 Å². The summed E-state index contributed by atoms with van der Waals surface area (Å²) >= 11 is 0. The Morgan fingerprint density at radius 2 is 1.75 bits per heavy atom. The first-order chi connectivity index (χ1) is 15.4. The fourth-order valence-corrected chi connectivity index (χ4v) is 4.87. The van der Waals surface area contributed by atoms with Gasteiger partial charge in [0.05, 0.1) is 6.04 Å². The number of amides is 3. The molecule has 5 atom stereocenters. The minimum absolute atomic E-state index is 0.0558. The normalized spacial score (nSPS) is 29.6. The predicted molar refractivity (Wildman–Crippen MR) is 121 cm³/mol. The Balaban J connectivity index is 1.85. The van der Waals surface area contributed by atoms with Crippen LogP contribution >= 0.6 is 0 Å². The molecule has 1 aromatic carbocycles. The molecule has 0 saturated carbocycles. The number of hydrogen-bond donors (Lipinski definition) is 3. The molecule has 1 unspecified atom stereocenters. The Bertz CT molecular complexity index is 811. The highest BCUT2D eigenvalue weighted by Crippen LogP contribution is 2.29. The van der Waals surface area contributed by atoms with Crippen molar-refractivity contribution in [3.63, 3.8) is 0 Å². The molecule has 0 aliphatic carbocycles. The molecule has 2 saturated heterocycles. The standard InChI is InChI=1S/C25H35N3O4/c1-16(2)11-22-25(32)27-20(15-29)13-21-19(14-26-24(21)31)10-6-9-18(23(30)28-22)12-17-7-4-3-5-8-17/h3-5,7-8,15-16,18-22H,6,9-14H2,1-2H3,(H,26,31)(H,27,32)(H,28,30)/t18?,19-,20+,21-,22+/m1/s1. The van der Waals surface area contributed by atoms with Crippen LogP contribution in [0, 0.1) is 23.7 Å². The Morgan fingerprint density at radius 1 is 1.00 bits per heavy atom. The van der Waals surface area contributed by atoms with Gasteiger partial charge in [0.2, 0.25) is 17.7 Å². The molecule has 2 heterocycles. The topological polar surface area (TPSA) is 104 Å². The first-order valence-electron chi connectivity index (χ1n) is 11.7. The fourth-order valence-electron chi connectivity index (χ4n) is 4.87. The molecule has 3 N–H and O–H groups in total. The molecule has 3 rings (SSSR count). The first kappa shape index (κ1) is 24.0. The first-order valence-corrected chi connectivity index (χ1v) is 11.7. The van der Waals surface area contributed by atoms with Crippen molar-refractivity contribution in [2.45, 2.75) is 64.5 Å². The summed E-state index contributed by atoms with van der Waals surface area (Å²) in [7, 11) is 0. The fraction of sp³-hybridized carbons (Fsp3) is 0.600. The van der Waals surface area contributed by atoms with Gasteiger partial charge in [0.1, 0.15) is 12.3 Å². The summed E-state index contributed by atoms with van der Waals surface area (Å²) in [5.41, 5.74) is 1.08. The summed E-state index contributed by atoms with van der Waals surface area (Å²) < 4.78 is 0. The van der Waals surface area contributed by atoms with Crippen molar-refractivity contribution in [3.05, 3.63) is 35.9 Å². The largest absolute Gasteiger partial charge is 0.356 e. The van der Waals surface area contributed by atoms with E-state index in [0.29, 0.717) is 38.5 Å². The molecule has 2 aliphatic heterocycles. The maximum absolute atomic E-state index is 13.3. The van der Waals surface area contributed by atoms with E-state index >= 15 is 0 Å². The number of hydrogen-bond acceptors (Lipinski definition) is 4. The van der Waals surface area contributed by atoms with Gasteiger partial charge >= 0.3 is 0 Å². The molecule has 0 spiro atoms. The molecular formula is C25H35N3O4. The van der Waals surface area contributed by atoms with Crippen LogP contribution < -0.4 is 16.0 Å². The molecule has 0 radical (unpaired) electrons. The van der Waals surface area contributed by atoms with E-state index in [4.69, 9.17) is 0 Å². The number of carbonyl (C=O) groups excluding carboxylic acids is 4. The quantitative estimate of drug-likeness (QED) is 0.608. The molecule has 3 amide bonds. The van der Waals surface area contributed by atoms with E-state index < -0.39 is 12.1 Å². The Hall–Kier alpha value is -2.70. The van der Waals surface area contributed by atoms with Crippen LogP contribution in [-0.2, 0) is 25.6 Å². The van der Waals surface area contributed by atoms with Crippen molar-refractivity contribution < 1.29 is 19.2 Å². The molecule has 1 aromatic rings. The van der Waals surface area contributed by atoms with Crippen molar-refractivity contribution in [1.29, 1.82) is 0 Å². The summed E-state index contributed by atoms with van der Waals surface area (Å²) in [6.45, 7) is 4.56. The summed E-state index contributed by atoms with van der Waals surface area (Å²) in [4.78, 5) is 50.4. The lowest BCUT2D eigenvalue weighted by molar-refractivity contribution is -0.132. The molecule has 32 heavy (non-hydrogen) atoms. The molecule has 7 nitrogen and oxygen atoms in total. The zero-order chi connectivity index (χ0) is 23.1. The lowest BCUT2D eigenvalue weighted by atomic mass is 9.84. The highest BCUT2D eigenvalue weighted by molar-refractivity contribution is 5.90. The molecule has 0 aromatic heterocycles. The lowest BCUT2D eigenvalue weighted by Crippen LogP contribution is -2.52. The summed E-state index contributed by atoms with van der Waals surface area (Å²) in [5.74, 6) is -0.814. The van der Waals surface area contributed by atoms with Crippen molar-refractivity contribution in [2.24, 2.45) is 23.7 Å². The van der Waals surface area contributed by atoms with Gasteiger partial charge in [-0.2, -0.15) is 0 Å². The highest BCUT2D eigenvalue weighted by atomic mass is 16.2. The average molecular weight is 442 g/mol. The van der Waals surface area contributed by atoms with Gasteiger partial charge in [-0.1, -0.05) is 50.6 Å². The SMILES string of the molecule is CC(C)C[C@@H]1NC(=O)C(Cc2ccccc2)CCC[C@@H]2CNC(=O)[C@@H]2C[C@@H](C=O)NC1=O. The Labute approximate surface area is 190 Å².